The van der Waals surface area contributed by atoms with Gasteiger partial charge in [0, 0.05) is 10.5 Å². The van der Waals surface area contributed by atoms with Crippen LogP contribution in [0, 0.1) is 11.3 Å². The highest BCUT2D eigenvalue weighted by molar-refractivity contribution is 8.01. The zero-order valence-corrected chi connectivity index (χ0v) is 17.0. The largest absolute Gasteiger partial charge is 0.462 e. The summed E-state index contributed by atoms with van der Waals surface area (Å²) < 4.78 is 10.2. The Labute approximate surface area is 175 Å². The molecule has 0 radical (unpaired) electrons. The van der Waals surface area contributed by atoms with Crippen molar-refractivity contribution in [3.8, 4) is 6.07 Å². The van der Waals surface area contributed by atoms with Crippen molar-refractivity contribution in [2.24, 2.45) is 0 Å². The van der Waals surface area contributed by atoms with E-state index >= 15 is 0 Å². The molecule has 0 saturated heterocycles. The van der Waals surface area contributed by atoms with Gasteiger partial charge in [0.15, 0.2) is 0 Å². The molecule has 8 nitrogen and oxygen atoms in total. The molecule has 0 bridgehead atoms. The number of anilines is 2. The molecule has 0 saturated carbocycles. The van der Waals surface area contributed by atoms with Crippen LogP contribution in [0.2, 0.25) is 0 Å². The number of nitrogens with zero attached hydrogens (tertiary/aromatic N) is 1. The smallest absolute Gasteiger partial charge is 0.348 e. The Morgan fingerprint density at radius 2 is 2.07 bits per heavy atom. The van der Waals surface area contributed by atoms with Crippen LogP contribution in [-0.4, -0.2) is 29.7 Å². The predicted molar refractivity (Wildman–Crippen MR) is 109 cm³/mol. The topological polar surface area (TPSA) is 132 Å². The van der Waals surface area contributed by atoms with Crippen LogP contribution >= 0.6 is 23.1 Å². The molecule has 10 heteroatoms. The summed E-state index contributed by atoms with van der Waals surface area (Å²) in [6.45, 7) is 1.51. The number of benzene rings is 1. The summed E-state index contributed by atoms with van der Waals surface area (Å²) >= 11 is 2.20. The van der Waals surface area contributed by atoms with E-state index in [2.05, 4.69) is 5.32 Å². The van der Waals surface area contributed by atoms with Gasteiger partial charge in [-0.3, -0.25) is 9.59 Å². The highest BCUT2D eigenvalue weighted by atomic mass is 32.2. The molecule has 2 aromatic rings. The van der Waals surface area contributed by atoms with E-state index in [0.29, 0.717) is 5.69 Å². The quantitative estimate of drug-likeness (QED) is 0.667. The molecule has 0 aliphatic carbocycles. The number of hydrogen-bond acceptors (Lipinski definition) is 9. The molecule has 0 unspecified atom stereocenters. The van der Waals surface area contributed by atoms with Gasteiger partial charge in [0.05, 0.1) is 29.5 Å². The molecule has 1 amide bonds. The first-order valence-corrected chi connectivity index (χ1v) is 10.3. The van der Waals surface area contributed by atoms with Crippen molar-refractivity contribution >= 4 is 51.6 Å². The number of thiophene rings is 1. The fourth-order valence-corrected chi connectivity index (χ4v) is 4.71. The monoisotopic (exact) mass is 431 g/mol. The van der Waals surface area contributed by atoms with E-state index in [4.69, 9.17) is 15.2 Å². The summed E-state index contributed by atoms with van der Waals surface area (Å²) in [5.74, 6) is -1.54. The van der Waals surface area contributed by atoms with Crippen LogP contribution in [0.25, 0.3) is 0 Å². The highest BCUT2D eigenvalue weighted by Crippen LogP contribution is 2.37. The zero-order valence-electron chi connectivity index (χ0n) is 15.4. The van der Waals surface area contributed by atoms with Gasteiger partial charge in [0.1, 0.15) is 22.6 Å². The number of nitrogen functional groups attached to an aromatic ring is 1. The van der Waals surface area contributed by atoms with Crippen molar-refractivity contribution in [1.82, 2.24) is 0 Å². The van der Waals surface area contributed by atoms with E-state index in [1.54, 1.807) is 13.0 Å². The molecule has 1 aliphatic rings. The number of amides is 1. The van der Waals surface area contributed by atoms with Crippen molar-refractivity contribution in [3.05, 3.63) is 40.3 Å². The molecule has 0 spiro atoms. The minimum Gasteiger partial charge on any atom is -0.462 e. The van der Waals surface area contributed by atoms with E-state index < -0.39 is 17.2 Å². The SMILES string of the molecule is CCOC(=O)c1sc(N)c(C#N)c1COC(=O)C[C@H]1Sc2ccccc2NC1=O. The van der Waals surface area contributed by atoms with Crippen molar-refractivity contribution in [3.63, 3.8) is 0 Å². The van der Waals surface area contributed by atoms with E-state index in [1.165, 1.54) is 11.8 Å². The van der Waals surface area contributed by atoms with E-state index in [1.807, 2.05) is 24.3 Å². The Bertz CT molecular complexity index is 1010. The maximum atomic E-state index is 12.3. The minimum atomic E-state index is -0.634. The van der Waals surface area contributed by atoms with Gasteiger partial charge in [0.2, 0.25) is 5.91 Å². The number of nitrogens with two attached hydrogens (primary N) is 1. The normalized spacial score (nSPS) is 15.0. The summed E-state index contributed by atoms with van der Waals surface area (Å²) in [6.07, 6.45) is -0.152. The van der Waals surface area contributed by atoms with Crippen molar-refractivity contribution < 1.29 is 23.9 Å². The molecule has 1 aromatic carbocycles. The molecular formula is C19H17N3O5S2. The lowest BCUT2D eigenvalue weighted by Crippen LogP contribution is -2.31. The first-order chi connectivity index (χ1) is 13.9. The Kier molecular flexibility index (Phi) is 6.41. The van der Waals surface area contributed by atoms with Crippen LogP contribution < -0.4 is 11.1 Å². The third-order valence-electron chi connectivity index (χ3n) is 4.04. The molecule has 150 valence electrons. The summed E-state index contributed by atoms with van der Waals surface area (Å²) in [5, 5.41) is 11.6. The molecular weight excluding hydrogens is 414 g/mol. The van der Waals surface area contributed by atoms with Gasteiger partial charge in [0.25, 0.3) is 0 Å². The minimum absolute atomic E-state index is 0.0876. The van der Waals surface area contributed by atoms with Crippen LogP contribution in [0.4, 0.5) is 10.7 Å². The maximum absolute atomic E-state index is 12.3. The van der Waals surface area contributed by atoms with E-state index in [0.717, 1.165) is 16.2 Å². The lowest BCUT2D eigenvalue weighted by atomic mass is 10.1. The van der Waals surface area contributed by atoms with Gasteiger partial charge in [-0.2, -0.15) is 5.26 Å². The van der Waals surface area contributed by atoms with Crippen LogP contribution in [0.1, 0.15) is 34.1 Å². The maximum Gasteiger partial charge on any atom is 0.348 e. The van der Waals surface area contributed by atoms with Crippen molar-refractivity contribution in [2.75, 3.05) is 17.7 Å². The summed E-state index contributed by atoms with van der Waals surface area (Å²) in [6, 6.07) is 9.23. The Morgan fingerprint density at radius 1 is 1.31 bits per heavy atom. The summed E-state index contributed by atoms with van der Waals surface area (Å²) in [7, 11) is 0. The zero-order chi connectivity index (χ0) is 21.0. The number of nitrogens with one attached hydrogen (secondary N) is 1. The Morgan fingerprint density at radius 3 is 2.79 bits per heavy atom. The second kappa shape index (κ2) is 8.98. The number of thioether (sulfide) groups is 1. The standard InChI is InChI=1S/C19H17N3O5S2/c1-2-26-19(25)16-11(10(8-20)17(21)29-16)9-27-15(23)7-14-18(24)22-12-5-3-4-6-13(12)28-14/h3-6,14H,2,7,9,21H2,1H3,(H,22,24)/t14-/m1/s1. The first kappa shape index (κ1) is 20.7. The number of rotatable bonds is 6. The van der Waals surface area contributed by atoms with Gasteiger partial charge in [-0.05, 0) is 19.1 Å². The van der Waals surface area contributed by atoms with Crippen LogP contribution in [0.15, 0.2) is 29.2 Å². The second-order valence-electron chi connectivity index (χ2n) is 5.94. The Balaban J connectivity index is 1.68. The number of carbonyl (C=O) groups is 3. The average molecular weight is 431 g/mol. The van der Waals surface area contributed by atoms with Crippen molar-refractivity contribution in [1.29, 1.82) is 5.26 Å². The van der Waals surface area contributed by atoms with Gasteiger partial charge in [-0.25, -0.2) is 4.79 Å². The van der Waals surface area contributed by atoms with Crippen LogP contribution in [-0.2, 0) is 25.7 Å². The first-order valence-electron chi connectivity index (χ1n) is 8.65. The average Bonchev–Trinajstić information content (AvgIpc) is 3.02. The molecule has 1 aromatic heterocycles. The summed E-state index contributed by atoms with van der Waals surface area (Å²) in [5.41, 5.74) is 6.81. The second-order valence-corrected chi connectivity index (χ2v) is 8.23. The van der Waals surface area contributed by atoms with E-state index in [9.17, 15) is 19.6 Å². The third-order valence-corrected chi connectivity index (χ3v) is 6.36. The fraction of sp³-hybridized carbons (Fsp3) is 0.263. The lowest BCUT2D eigenvalue weighted by molar-refractivity contribution is -0.145. The molecule has 2 heterocycles. The third kappa shape index (κ3) is 4.52. The number of fused-ring (bicyclic) bond motifs is 1. The number of carbonyl (C=O) groups excluding carboxylic acids is 3. The number of hydrogen-bond donors (Lipinski definition) is 2. The van der Waals surface area contributed by atoms with Gasteiger partial charge in [-0.15, -0.1) is 23.1 Å². The molecule has 0 fully saturated rings. The number of ether oxygens (including phenoxy) is 2. The number of para-hydroxylation sites is 1. The Hall–Kier alpha value is -3.03. The molecule has 1 aliphatic heterocycles. The predicted octanol–water partition coefficient (Wildman–Crippen LogP) is 2.92. The molecule has 3 N–H and O–H groups in total. The highest BCUT2D eigenvalue weighted by Gasteiger charge is 2.30. The lowest BCUT2D eigenvalue weighted by Gasteiger charge is -2.23. The summed E-state index contributed by atoms with van der Waals surface area (Å²) in [4.78, 5) is 37.6. The number of nitriles is 1. The van der Waals surface area contributed by atoms with Crippen molar-refractivity contribution in [2.45, 2.75) is 30.1 Å². The van der Waals surface area contributed by atoms with Crippen LogP contribution in [0.3, 0.4) is 0 Å². The van der Waals surface area contributed by atoms with E-state index in [-0.39, 0.29) is 46.5 Å². The van der Waals surface area contributed by atoms with Gasteiger partial charge in [-0.1, -0.05) is 12.1 Å². The van der Waals surface area contributed by atoms with Gasteiger partial charge < -0.3 is 20.5 Å². The molecule has 29 heavy (non-hydrogen) atoms. The molecule has 3 rings (SSSR count). The fourth-order valence-electron chi connectivity index (χ4n) is 2.70. The van der Waals surface area contributed by atoms with Crippen LogP contribution in [0.5, 0.6) is 0 Å². The number of esters is 2. The van der Waals surface area contributed by atoms with Gasteiger partial charge >= 0.3 is 11.9 Å². The molecule has 1 atom stereocenters.